The van der Waals surface area contributed by atoms with Crippen LogP contribution in [-0.2, 0) is 32.2 Å². The van der Waals surface area contributed by atoms with Gasteiger partial charge in [-0.05, 0) is 42.7 Å². The van der Waals surface area contributed by atoms with Crippen molar-refractivity contribution in [2.45, 2.75) is 49.3 Å². The van der Waals surface area contributed by atoms with Crippen molar-refractivity contribution in [3.05, 3.63) is 53.6 Å². The zero-order chi connectivity index (χ0) is 28.1. The summed E-state index contributed by atoms with van der Waals surface area (Å²) >= 11 is 0. The van der Waals surface area contributed by atoms with E-state index in [1.54, 1.807) is 18.2 Å². The Morgan fingerprint density at radius 1 is 1.05 bits per heavy atom. The molecule has 1 atom stereocenters. The number of hydrogen-bond acceptors (Lipinski definition) is 6. The molecule has 38 heavy (non-hydrogen) atoms. The Balaban J connectivity index is 1.67. The van der Waals surface area contributed by atoms with Crippen LogP contribution in [0.5, 0.6) is 11.5 Å². The van der Waals surface area contributed by atoms with E-state index < -0.39 is 50.6 Å². The highest BCUT2D eigenvalue weighted by atomic mass is 32.2. The van der Waals surface area contributed by atoms with Gasteiger partial charge in [-0.2, -0.15) is 17.5 Å². The van der Waals surface area contributed by atoms with Gasteiger partial charge in [0.25, 0.3) is 0 Å². The van der Waals surface area contributed by atoms with E-state index in [2.05, 4.69) is 10.6 Å². The Morgan fingerprint density at radius 2 is 1.68 bits per heavy atom. The molecule has 0 aromatic heterocycles. The second-order valence-electron chi connectivity index (χ2n) is 8.83. The number of piperidine rings is 1. The summed E-state index contributed by atoms with van der Waals surface area (Å²) in [5.74, 6) is 0.109. The number of nitrogens with one attached hydrogen (secondary N) is 2. The van der Waals surface area contributed by atoms with Crippen molar-refractivity contribution in [2.24, 2.45) is 0 Å². The minimum Gasteiger partial charge on any atom is -0.493 e. The van der Waals surface area contributed by atoms with Gasteiger partial charge in [0.15, 0.2) is 11.5 Å². The van der Waals surface area contributed by atoms with Gasteiger partial charge in [-0.15, -0.1) is 0 Å². The summed E-state index contributed by atoms with van der Waals surface area (Å²) in [5.41, 5.74) is -0.510. The van der Waals surface area contributed by atoms with Gasteiger partial charge in [0.1, 0.15) is 6.04 Å². The number of halogens is 3. The molecule has 1 saturated heterocycles. The fraction of sp³-hybridized carbons (Fsp3) is 0.440. The third-order valence-electron chi connectivity index (χ3n) is 6.19. The van der Waals surface area contributed by atoms with Crippen molar-refractivity contribution in [1.29, 1.82) is 0 Å². The first-order chi connectivity index (χ1) is 17.9. The largest absolute Gasteiger partial charge is 0.493 e. The van der Waals surface area contributed by atoms with E-state index in [1.807, 2.05) is 0 Å². The number of nitrogens with zero attached hydrogens (tertiary/aromatic N) is 1. The molecule has 0 saturated carbocycles. The molecule has 3 rings (SSSR count). The number of ether oxygens (including phenoxy) is 2. The number of alkyl halides is 3. The molecule has 2 amide bonds. The van der Waals surface area contributed by atoms with Crippen LogP contribution in [0.15, 0.2) is 47.4 Å². The summed E-state index contributed by atoms with van der Waals surface area (Å²) in [6, 6.07) is 7.85. The fourth-order valence-corrected chi connectivity index (χ4v) is 5.99. The Labute approximate surface area is 219 Å². The van der Waals surface area contributed by atoms with Crippen LogP contribution in [0.4, 0.5) is 13.2 Å². The summed E-state index contributed by atoms with van der Waals surface area (Å²) in [4.78, 5) is 24.0. The van der Waals surface area contributed by atoms with Gasteiger partial charge < -0.3 is 20.1 Å². The van der Waals surface area contributed by atoms with E-state index in [0.29, 0.717) is 17.1 Å². The van der Waals surface area contributed by atoms with Gasteiger partial charge in [-0.25, -0.2) is 8.42 Å². The quantitative estimate of drug-likeness (QED) is 0.490. The average Bonchev–Trinajstić information content (AvgIpc) is 2.87. The SMILES string of the molecule is COc1ccc(C[C@H](NC(C)=O)C(=O)NC2CCN(S(=O)(=O)c3ccccc3C(F)(F)F)CC2)cc1OC. The molecule has 2 aromatic carbocycles. The van der Waals surface area contributed by atoms with Crippen LogP contribution in [0.1, 0.15) is 30.9 Å². The molecule has 1 heterocycles. The van der Waals surface area contributed by atoms with Crippen LogP contribution >= 0.6 is 0 Å². The molecular formula is C25H30F3N3O6S. The van der Waals surface area contributed by atoms with Gasteiger partial charge in [0, 0.05) is 32.5 Å². The number of benzene rings is 2. The first kappa shape index (κ1) is 29.2. The maximum Gasteiger partial charge on any atom is 0.417 e. The monoisotopic (exact) mass is 557 g/mol. The lowest BCUT2D eigenvalue weighted by atomic mass is 10.0. The third kappa shape index (κ3) is 6.95. The predicted octanol–water partition coefficient (Wildman–Crippen LogP) is 2.74. The Morgan fingerprint density at radius 3 is 2.26 bits per heavy atom. The zero-order valence-electron chi connectivity index (χ0n) is 21.2. The summed E-state index contributed by atoms with van der Waals surface area (Å²) < 4.78 is 77.6. The fourth-order valence-electron chi connectivity index (χ4n) is 4.31. The summed E-state index contributed by atoms with van der Waals surface area (Å²) in [7, 11) is -1.41. The van der Waals surface area contributed by atoms with Crippen LogP contribution < -0.4 is 20.1 Å². The number of sulfonamides is 1. The van der Waals surface area contributed by atoms with Crippen LogP contribution in [0.25, 0.3) is 0 Å². The molecule has 13 heteroatoms. The van der Waals surface area contributed by atoms with E-state index in [9.17, 15) is 31.2 Å². The molecule has 208 valence electrons. The Hall–Kier alpha value is -3.32. The lowest BCUT2D eigenvalue weighted by molar-refractivity contribution is -0.140. The zero-order valence-corrected chi connectivity index (χ0v) is 22.0. The molecule has 0 bridgehead atoms. The van der Waals surface area contributed by atoms with Crippen LogP contribution in [-0.4, -0.2) is 63.9 Å². The van der Waals surface area contributed by atoms with Crippen molar-refractivity contribution < 1.29 is 40.7 Å². The van der Waals surface area contributed by atoms with E-state index in [-0.39, 0.29) is 32.4 Å². The first-order valence-electron chi connectivity index (χ1n) is 11.8. The molecule has 0 aliphatic carbocycles. The lowest BCUT2D eigenvalue weighted by Gasteiger charge is -2.33. The van der Waals surface area contributed by atoms with Crippen molar-refractivity contribution in [3.63, 3.8) is 0 Å². The number of carbonyl (C=O) groups excluding carboxylic acids is 2. The molecule has 0 unspecified atom stereocenters. The summed E-state index contributed by atoms with van der Waals surface area (Å²) in [5, 5.41) is 5.45. The normalized spacial score (nSPS) is 15.9. The molecule has 1 aliphatic rings. The second kappa shape index (κ2) is 12.0. The van der Waals surface area contributed by atoms with Crippen molar-refractivity contribution in [1.82, 2.24) is 14.9 Å². The van der Waals surface area contributed by atoms with E-state index in [4.69, 9.17) is 9.47 Å². The van der Waals surface area contributed by atoms with Gasteiger partial charge in [0.2, 0.25) is 21.8 Å². The van der Waals surface area contributed by atoms with Crippen molar-refractivity contribution in [3.8, 4) is 11.5 Å². The second-order valence-corrected chi connectivity index (χ2v) is 10.7. The number of rotatable bonds is 9. The molecule has 0 spiro atoms. The molecule has 2 aromatic rings. The highest BCUT2D eigenvalue weighted by molar-refractivity contribution is 7.89. The van der Waals surface area contributed by atoms with Gasteiger partial charge in [-0.1, -0.05) is 18.2 Å². The number of methoxy groups -OCH3 is 2. The first-order valence-corrected chi connectivity index (χ1v) is 13.3. The minimum absolute atomic E-state index is 0.0695. The van der Waals surface area contributed by atoms with Gasteiger partial charge in [0.05, 0.1) is 24.7 Å². The smallest absolute Gasteiger partial charge is 0.417 e. The van der Waals surface area contributed by atoms with Crippen molar-refractivity contribution in [2.75, 3.05) is 27.3 Å². The predicted molar refractivity (Wildman–Crippen MR) is 132 cm³/mol. The molecule has 0 radical (unpaired) electrons. The third-order valence-corrected chi connectivity index (χ3v) is 8.15. The van der Waals surface area contributed by atoms with Gasteiger partial charge >= 0.3 is 6.18 Å². The summed E-state index contributed by atoms with van der Waals surface area (Å²) in [6.07, 6.45) is -4.26. The van der Waals surface area contributed by atoms with Crippen LogP contribution in [0.3, 0.4) is 0 Å². The van der Waals surface area contributed by atoms with Crippen LogP contribution in [0.2, 0.25) is 0 Å². The maximum atomic E-state index is 13.4. The topological polar surface area (TPSA) is 114 Å². The molecule has 9 nitrogen and oxygen atoms in total. The Kier molecular flexibility index (Phi) is 9.26. The number of amides is 2. The Bertz CT molecular complexity index is 1260. The summed E-state index contributed by atoms with van der Waals surface area (Å²) in [6.45, 7) is 1.15. The minimum atomic E-state index is -4.82. The molecule has 1 aliphatic heterocycles. The number of carbonyl (C=O) groups is 2. The van der Waals surface area contributed by atoms with E-state index in [1.165, 1.54) is 27.2 Å². The highest BCUT2D eigenvalue weighted by Gasteiger charge is 2.40. The molecule has 2 N–H and O–H groups in total. The highest BCUT2D eigenvalue weighted by Crippen LogP contribution is 2.35. The van der Waals surface area contributed by atoms with Gasteiger partial charge in [-0.3, -0.25) is 9.59 Å². The lowest BCUT2D eigenvalue weighted by Crippen LogP contribution is -2.53. The molecule has 1 fully saturated rings. The average molecular weight is 558 g/mol. The maximum absolute atomic E-state index is 13.4. The van der Waals surface area contributed by atoms with E-state index in [0.717, 1.165) is 22.5 Å². The number of hydrogen-bond donors (Lipinski definition) is 2. The van der Waals surface area contributed by atoms with Crippen LogP contribution in [0, 0.1) is 0 Å². The standard InChI is InChI=1S/C25H30F3N3O6S/c1-16(32)29-20(14-17-8-9-21(36-2)22(15-17)37-3)24(33)30-18-10-12-31(13-11-18)38(34,35)23-7-5-4-6-19(23)25(26,27)28/h4-9,15,18,20H,10-14H2,1-3H3,(H,29,32)(H,30,33)/t20-/m0/s1. The molecular weight excluding hydrogens is 527 g/mol. The van der Waals surface area contributed by atoms with Crippen molar-refractivity contribution >= 4 is 21.8 Å². The van der Waals surface area contributed by atoms with E-state index >= 15 is 0 Å².